The molecule has 46 heavy (non-hydrogen) atoms. The highest BCUT2D eigenvalue weighted by Crippen LogP contribution is 2.31. The number of hydrogen-bond acceptors (Lipinski definition) is 6. The lowest BCUT2D eigenvalue weighted by Crippen LogP contribution is -2.49. The van der Waals surface area contributed by atoms with Crippen LogP contribution in [0.5, 0.6) is 0 Å². The van der Waals surface area contributed by atoms with Crippen molar-refractivity contribution in [2.24, 2.45) is 0 Å². The molecule has 4 rings (SSSR count). The summed E-state index contributed by atoms with van der Waals surface area (Å²) < 4.78 is 52.3. The van der Waals surface area contributed by atoms with Gasteiger partial charge in [0.25, 0.3) is 0 Å². The molecule has 0 aliphatic carbocycles. The maximum Gasteiger partial charge on any atom is 0.416 e. The predicted octanol–water partition coefficient (Wildman–Crippen LogP) is 7.30. The first-order valence-electron chi connectivity index (χ1n) is 15.1. The lowest BCUT2D eigenvalue weighted by molar-refractivity contribution is -0.137. The van der Waals surface area contributed by atoms with Gasteiger partial charge in [-0.3, -0.25) is 9.59 Å². The van der Waals surface area contributed by atoms with E-state index in [2.05, 4.69) is 17.1 Å². The molecule has 1 fully saturated rings. The monoisotopic (exact) mass is 654 g/mol. The van der Waals surface area contributed by atoms with E-state index < -0.39 is 17.5 Å². The number of piperidine rings is 1. The number of alkyl halides is 3. The number of hydrogen-bond donors (Lipinski definition) is 2. The Hall–Kier alpha value is -3.96. The van der Waals surface area contributed by atoms with E-state index in [0.717, 1.165) is 61.3 Å². The molecule has 3 aromatic rings. The van der Waals surface area contributed by atoms with E-state index in [1.807, 2.05) is 29.2 Å². The van der Waals surface area contributed by atoms with Crippen LogP contribution in [0.25, 0.3) is 11.1 Å². The summed E-state index contributed by atoms with van der Waals surface area (Å²) in [7, 11) is 0. The van der Waals surface area contributed by atoms with Gasteiger partial charge in [-0.05, 0) is 72.8 Å². The zero-order valence-electron chi connectivity index (χ0n) is 25.9. The van der Waals surface area contributed by atoms with Crippen molar-refractivity contribution in [3.8, 4) is 11.1 Å². The number of benzene rings is 3. The molecular formula is C35H38F4N4O2S. The van der Waals surface area contributed by atoms with Crippen molar-refractivity contribution in [3.63, 3.8) is 0 Å². The van der Waals surface area contributed by atoms with E-state index >= 15 is 0 Å². The Morgan fingerprint density at radius 2 is 1.52 bits per heavy atom. The minimum absolute atomic E-state index is 0.0106. The molecule has 0 saturated carbocycles. The van der Waals surface area contributed by atoms with Gasteiger partial charge in [0, 0.05) is 37.5 Å². The molecule has 1 heterocycles. The number of nitrogens with zero attached hydrogens (tertiary/aromatic N) is 2. The van der Waals surface area contributed by atoms with Crippen LogP contribution in [0, 0.1) is 11.2 Å². The van der Waals surface area contributed by atoms with E-state index in [-0.39, 0.29) is 30.0 Å². The molecule has 244 valence electrons. The molecule has 0 aromatic heterocycles. The third kappa shape index (κ3) is 10.0. The number of carbonyl (C=O) groups excluding carboxylic acids is 2. The maximum atomic E-state index is 13.8. The Morgan fingerprint density at radius 1 is 0.957 bits per heavy atom. The second kappa shape index (κ2) is 16.0. The van der Waals surface area contributed by atoms with Crippen LogP contribution < -0.4 is 5.32 Å². The number of nitrogens with one attached hydrogen (secondary N) is 2. The van der Waals surface area contributed by atoms with Crippen LogP contribution in [-0.2, 0) is 28.1 Å². The maximum absolute atomic E-state index is 13.8. The molecule has 1 aliphatic heterocycles. The lowest BCUT2D eigenvalue weighted by atomic mass is 10.00. The third-order valence-corrected chi connectivity index (χ3v) is 9.02. The van der Waals surface area contributed by atoms with Gasteiger partial charge in [-0.15, -0.1) is 11.8 Å². The highest BCUT2D eigenvalue weighted by Gasteiger charge is 2.30. The van der Waals surface area contributed by atoms with Gasteiger partial charge in [0.1, 0.15) is 5.82 Å². The summed E-state index contributed by atoms with van der Waals surface area (Å²) in [6, 6.07) is 18.5. The smallest absolute Gasteiger partial charge is 0.371 e. The average Bonchev–Trinajstić information content (AvgIpc) is 3.05. The number of thioether (sulfide) groups is 1. The molecule has 0 spiro atoms. The largest absolute Gasteiger partial charge is 0.416 e. The second-order valence-electron chi connectivity index (χ2n) is 11.2. The normalized spacial score (nSPS) is 14.6. The van der Waals surface area contributed by atoms with E-state index in [9.17, 15) is 27.2 Å². The number of carbonyl (C=O) groups is 2. The fourth-order valence-electron chi connectivity index (χ4n) is 5.20. The SMILES string of the molecule is CCN1CCC(N(Cc2ccc(-c3ccc(C(F)(F)F)cc3)cc2)C(=O)CN/C(=C\C(=O)C(C)=N)SCc2ccc(F)cc2)CC1. The van der Waals surface area contributed by atoms with Crippen molar-refractivity contribution in [2.45, 2.75) is 51.2 Å². The molecule has 0 atom stereocenters. The molecule has 1 saturated heterocycles. The second-order valence-corrected chi connectivity index (χ2v) is 12.2. The fourth-order valence-corrected chi connectivity index (χ4v) is 6.08. The van der Waals surface area contributed by atoms with Crippen molar-refractivity contribution in [3.05, 3.63) is 106 Å². The number of ketones is 1. The number of halogens is 4. The predicted molar refractivity (Wildman–Crippen MR) is 175 cm³/mol. The summed E-state index contributed by atoms with van der Waals surface area (Å²) in [4.78, 5) is 30.4. The molecule has 1 amide bonds. The molecule has 1 aliphatic rings. The van der Waals surface area contributed by atoms with E-state index in [0.29, 0.717) is 22.9 Å². The van der Waals surface area contributed by atoms with Crippen LogP contribution in [0.3, 0.4) is 0 Å². The summed E-state index contributed by atoms with van der Waals surface area (Å²) in [5.74, 6) is -0.531. The Morgan fingerprint density at radius 3 is 2.07 bits per heavy atom. The first-order valence-corrected chi connectivity index (χ1v) is 16.1. The Balaban J connectivity index is 1.48. The fraction of sp³-hybridized carbons (Fsp3) is 0.343. The summed E-state index contributed by atoms with van der Waals surface area (Å²) in [5.41, 5.74) is 2.33. The number of likely N-dealkylation sites (tertiary alicyclic amines) is 1. The third-order valence-electron chi connectivity index (χ3n) is 7.97. The average molecular weight is 655 g/mol. The van der Waals surface area contributed by atoms with Crippen LogP contribution in [0.2, 0.25) is 0 Å². The lowest BCUT2D eigenvalue weighted by Gasteiger charge is -2.38. The minimum Gasteiger partial charge on any atom is -0.371 e. The Kier molecular flexibility index (Phi) is 12.2. The van der Waals surface area contributed by atoms with Crippen LogP contribution in [-0.4, -0.2) is 59.4 Å². The van der Waals surface area contributed by atoms with Gasteiger partial charge >= 0.3 is 6.18 Å². The van der Waals surface area contributed by atoms with Crippen molar-refractivity contribution < 1.29 is 27.2 Å². The van der Waals surface area contributed by atoms with E-state index in [4.69, 9.17) is 5.41 Å². The zero-order valence-corrected chi connectivity index (χ0v) is 26.7. The molecule has 11 heteroatoms. The molecule has 3 aromatic carbocycles. The van der Waals surface area contributed by atoms with E-state index in [1.165, 1.54) is 49.0 Å². The summed E-state index contributed by atoms with van der Waals surface area (Å²) in [6.07, 6.45) is -1.45. The van der Waals surface area contributed by atoms with Gasteiger partial charge in [0.15, 0.2) is 0 Å². The highest BCUT2D eigenvalue weighted by atomic mass is 32.2. The topological polar surface area (TPSA) is 76.5 Å². The van der Waals surface area contributed by atoms with Crippen molar-refractivity contribution in [1.29, 1.82) is 5.41 Å². The van der Waals surface area contributed by atoms with Gasteiger partial charge in [-0.1, -0.05) is 55.5 Å². The van der Waals surface area contributed by atoms with Crippen LogP contribution in [0.4, 0.5) is 17.6 Å². The van der Waals surface area contributed by atoms with Gasteiger partial charge in [-0.2, -0.15) is 13.2 Å². The standard InChI is InChI=1S/C35H38F4N4O2S/c1-3-42-18-16-31(17-19-42)43(22-25-4-8-27(9-5-25)28-10-12-29(13-11-28)35(37,38)39)34(45)21-41-33(20-32(44)24(2)40)46-23-26-6-14-30(36)15-7-26/h4-15,20,31,40-41H,3,16-19,21-23H2,1-2H3/b33-20+,40-24?. The summed E-state index contributed by atoms with van der Waals surface area (Å²) in [6.45, 7) is 6.48. The molecule has 0 bridgehead atoms. The molecular weight excluding hydrogens is 616 g/mol. The summed E-state index contributed by atoms with van der Waals surface area (Å²) in [5, 5.41) is 11.2. The number of amides is 1. The van der Waals surface area contributed by atoms with Crippen molar-refractivity contribution >= 4 is 29.2 Å². The first kappa shape index (κ1) is 34.9. The number of rotatable bonds is 13. The quantitative estimate of drug-likeness (QED) is 0.115. The Bertz CT molecular complexity index is 1520. The molecule has 0 radical (unpaired) electrons. The van der Waals surface area contributed by atoms with Crippen molar-refractivity contribution in [2.75, 3.05) is 26.2 Å². The minimum atomic E-state index is -4.40. The van der Waals surface area contributed by atoms with Crippen LogP contribution in [0.15, 0.2) is 83.9 Å². The molecule has 6 nitrogen and oxygen atoms in total. The van der Waals surface area contributed by atoms with Gasteiger partial charge in [-0.25, -0.2) is 4.39 Å². The van der Waals surface area contributed by atoms with E-state index in [1.54, 1.807) is 12.1 Å². The first-order chi connectivity index (χ1) is 21.9. The van der Waals surface area contributed by atoms with Crippen LogP contribution in [0.1, 0.15) is 43.4 Å². The highest BCUT2D eigenvalue weighted by molar-refractivity contribution is 8.02. The van der Waals surface area contributed by atoms with Gasteiger partial charge in [0.05, 0.1) is 22.8 Å². The van der Waals surface area contributed by atoms with Gasteiger partial charge in [0.2, 0.25) is 11.7 Å². The Labute approximate surface area is 271 Å². The van der Waals surface area contributed by atoms with Crippen LogP contribution >= 0.6 is 11.8 Å². The molecule has 2 N–H and O–H groups in total. The summed E-state index contributed by atoms with van der Waals surface area (Å²) >= 11 is 1.29. The number of allylic oxidation sites excluding steroid dienone is 1. The zero-order chi connectivity index (χ0) is 33.3. The van der Waals surface area contributed by atoms with Crippen molar-refractivity contribution in [1.82, 2.24) is 15.1 Å². The van der Waals surface area contributed by atoms with Gasteiger partial charge < -0.3 is 20.5 Å². The molecule has 0 unspecified atom stereocenters.